The zero-order chi connectivity index (χ0) is 23.9. The van der Waals surface area contributed by atoms with Crippen molar-refractivity contribution in [3.8, 4) is 29.2 Å². The van der Waals surface area contributed by atoms with E-state index in [-0.39, 0.29) is 46.2 Å². The number of aromatic amines is 1. The van der Waals surface area contributed by atoms with E-state index in [9.17, 15) is 9.59 Å². The highest BCUT2D eigenvalue weighted by molar-refractivity contribution is 6.15. The van der Waals surface area contributed by atoms with E-state index < -0.39 is 5.43 Å². The van der Waals surface area contributed by atoms with Gasteiger partial charge in [0.15, 0.2) is 5.78 Å². The summed E-state index contributed by atoms with van der Waals surface area (Å²) in [6, 6.07) is 11.5. The highest BCUT2D eigenvalue weighted by atomic mass is 16.5. The van der Waals surface area contributed by atoms with Gasteiger partial charge in [-0.1, -0.05) is 37.7 Å². The normalized spacial score (nSPS) is 10.6. The fourth-order valence-corrected chi connectivity index (χ4v) is 3.41. The largest absolute Gasteiger partial charge is 0.481 e. The fourth-order valence-electron chi connectivity index (χ4n) is 3.41. The SMILES string of the molecule is CCCCCC#CCOc1ccc(C(=O)c2cccc3c(=O)c(N)c(-c4nn[nH]n4)oc23)cc1. The number of unbranched alkanes of at least 4 members (excludes halogenated alkanes) is 3. The summed E-state index contributed by atoms with van der Waals surface area (Å²) in [6.07, 6.45) is 4.31. The highest BCUT2D eigenvalue weighted by Gasteiger charge is 2.21. The molecule has 0 saturated heterocycles. The standard InChI is InChI=1S/C25H23N5O4/c1-2-3-4-5-6-7-15-33-17-13-11-16(12-14-17)21(31)18-9-8-10-19-22(32)20(26)24(34-23(18)19)25-27-29-30-28-25/h8-14H,2-5,15,26H2,1H3,(H,27,28,29,30). The van der Waals surface area contributed by atoms with Crippen molar-refractivity contribution in [1.82, 2.24) is 20.6 Å². The number of rotatable bonds is 8. The predicted octanol–water partition coefficient (Wildman–Crippen LogP) is 3.75. The van der Waals surface area contributed by atoms with Crippen molar-refractivity contribution in [3.05, 3.63) is 63.8 Å². The molecule has 9 heteroatoms. The molecule has 0 unspecified atom stereocenters. The molecule has 0 amide bonds. The van der Waals surface area contributed by atoms with Crippen LogP contribution in [0.3, 0.4) is 0 Å². The van der Waals surface area contributed by atoms with Gasteiger partial charge >= 0.3 is 0 Å². The second-order valence-corrected chi connectivity index (χ2v) is 7.54. The van der Waals surface area contributed by atoms with Gasteiger partial charge in [0.2, 0.25) is 17.0 Å². The molecule has 0 atom stereocenters. The minimum atomic E-state index is -0.477. The lowest BCUT2D eigenvalue weighted by atomic mass is 10.0. The smallest absolute Gasteiger partial charge is 0.242 e. The number of hydrogen-bond donors (Lipinski definition) is 2. The summed E-state index contributed by atoms with van der Waals surface area (Å²) in [5.74, 6) is 6.35. The Kier molecular flexibility index (Phi) is 6.98. The first-order chi connectivity index (χ1) is 16.6. The Hall–Kier alpha value is -4.45. The molecule has 9 nitrogen and oxygen atoms in total. The fraction of sp³-hybridized carbons (Fsp3) is 0.240. The van der Waals surface area contributed by atoms with Crippen LogP contribution in [0.5, 0.6) is 5.75 Å². The van der Waals surface area contributed by atoms with Crippen LogP contribution in [0.4, 0.5) is 5.69 Å². The molecule has 0 bridgehead atoms. The lowest BCUT2D eigenvalue weighted by Gasteiger charge is -2.08. The number of nitrogens with one attached hydrogen (secondary N) is 1. The summed E-state index contributed by atoms with van der Waals surface area (Å²) in [7, 11) is 0. The molecule has 2 aromatic carbocycles. The molecule has 4 rings (SSSR count). The maximum absolute atomic E-state index is 13.2. The van der Waals surface area contributed by atoms with E-state index in [0.29, 0.717) is 11.3 Å². The van der Waals surface area contributed by atoms with E-state index in [2.05, 4.69) is 39.4 Å². The molecule has 3 N–H and O–H groups in total. The van der Waals surface area contributed by atoms with Crippen LogP contribution in [0.15, 0.2) is 51.7 Å². The molecule has 0 aliphatic carbocycles. The molecule has 34 heavy (non-hydrogen) atoms. The highest BCUT2D eigenvalue weighted by Crippen LogP contribution is 2.28. The summed E-state index contributed by atoms with van der Waals surface area (Å²) >= 11 is 0. The van der Waals surface area contributed by atoms with Crippen molar-refractivity contribution in [2.45, 2.75) is 32.6 Å². The van der Waals surface area contributed by atoms with Gasteiger partial charge in [-0.15, -0.1) is 10.2 Å². The third-order valence-corrected chi connectivity index (χ3v) is 5.20. The van der Waals surface area contributed by atoms with Crippen LogP contribution in [-0.4, -0.2) is 33.0 Å². The third-order valence-electron chi connectivity index (χ3n) is 5.20. The zero-order valence-corrected chi connectivity index (χ0v) is 18.6. The summed E-state index contributed by atoms with van der Waals surface area (Å²) in [5.41, 5.74) is 6.03. The van der Waals surface area contributed by atoms with Gasteiger partial charge in [-0.3, -0.25) is 9.59 Å². The average molecular weight is 457 g/mol. The van der Waals surface area contributed by atoms with Crippen LogP contribution >= 0.6 is 0 Å². The molecular formula is C25H23N5O4. The van der Waals surface area contributed by atoms with E-state index >= 15 is 0 Å². The van der Waals surface area contributed by atoms with E-state index in [0.717, 1.165) is 12.8 Å². The Morgan fingerprint density at radius 2 is 1.97 bits per heavy atom. The second-order valence-electron chi connectivity index (χ2n) is 7.54. The summed E-state index contributed by atoms with van der Waals surface area (Å²) < 4.78 is 11.5. The minimum absolute atomic E-state index is 0.0220. The molecule has 2 heterocycles. The van der Waals surface area contributed by atoms with Crippen molar-refractivity contribution < 1.29 is 13.9 Å². The van der Waals surface area contributed by atoms with Crippen molar-refractivity contribution in [2.75, 3.05) is 12.3 Å². The van der Waals surface area contributed by atoms with Gasteiger partial charge in [0.1, 0.15) is 23.6 Å². The molecule has 0 spiro atoms. The van der Waals surface area contributed by atoms with Crippen molar-refractivity contribution in [3.63, 3.8) is 0 Å². The number of tetrazole rings is 1. The van der Waals surface area contributed by atoms with Crippen LogP contribution in [-0.2, 0) is 0 Å². The molecule has 172 valence electrons. The number of ether oxygens (including phenoxy) is 1. The Morgan fingerprint density at radius 1 is 1.15 bits per heavy atom. The first-order valence-corrected chi connectivity index (χ1v) is 10.9. The maximum Gasteiger partial charge on any atom is 0.242 e. The molecule has 0 aliphatic heterocycles. The monoisotopic (exact) mass is 457 g/mol. The molecular weight excluding hydrogens is 434 g/mol. The molecule has 0 fully saturated rings. The van der Waals surface area contributed by atoms with E-state index in [1.165, 1.54) is 12.8 Å². The van der Waals surface area contributed by atoms with Gasteiger partial charge in [0.05, 0.1) is 10.9 Å². The molecule has 0 radical (unpaired) electrons. The number of carbonyl (C=O) groups excluding carboxylic acids is 1. The number of hydrogen-bond acceptors (Lipinski definition) is 8. The lowest BCUT2D eigenvalue weighted by Crippen LogP contribution is -2.12. The third kappa shape index (κ3) is 4.81. The number of anilines is 1. The predicted molar refractivity (Wildman–Crippen MR) is 127 cm³/mol. The maximum atomic E-state index is 13.2. The van der Waals surface area contributed by atoms with Crippen molar-refractivity contribution in [2.24, 2.45) is 0 Å². The Bertz CT molecular complexity index is 1410. The minimum Gasteiger partial charge on any atom is -0.481 e. The van der Waals surface area contributed by atoms with Gasteiger partial charge in [-0.2, -0.15) is 5.21 Å². The van der Waals surface area contributed by atoms with Crippen LogP contribution in [0.25, 0.3) is 22.6 Å². The molecule has 4 aromatic rings. The van der Waals surface area contributed by atoms with Gasteiger partial charge in [-0.25, -0.2) is 0 Å². The van der Waals surface area contributed by atoms with Crippen LogP contribution in [0.2, 0.25) is 0 Å². The number of fused-ring (bicyclic) bond motifs is 1. The number of H-pyrrole nitrogens is 1. The number of nitrogens with two attached hydrogens (primary N) is 1. The number of aromatic nitrogens is 4. The summed E-state index contributed by atoms with van der Waals surface area (Å²) in [5, 5.41) is 13.6. The van der Waals surface area contributed by atoms with Gasteiger partial charge in [0.25, 0.3) is 0 Å². The average Bonchev–Trinajstić information content (AvgIpc) is 3.40. The van der Waals surface area contributed by atoms with Gasteiger partial charge < -0.3 is 14.9 Å². The zero-order valence-electron chi connectivity index (χ0n) is 18.6. The molecule has 0 aliphatic rings. The Balaban J connectivity index is 1.56. The first-order valence-electron chi connectivity index (χ1n) is 10.9. The molecule has 2 aromatic heterocycles. The number of ketones is 1. The van der Waals surface area contributed by atoms with Gasteiger partial charge in [-0.05, 0) is 48.0 Å². The number of para-hydroxylation sites is 1. The quantitative estimate of drug-likeness (QED) is 0.232. The number of nitrogen functional groups attached to an aromatic ring is 1. The van der Waals surface area contributed by atoms with Crippen molar-refractivity contribution >= 4 is 22.4 Å². The van der Waals surface area contributed by atoms with E-state index in [4.69, 9.17) is 14.9 Å². The Morgan fingerprint density at radius 3 is 2.71 bits per heavy atom. The summed E-state index contributed by atoms with van der Waals surface area (Å²) in [6.45, 7) is 2.44. The lowest BCUT2D eigenvalue weighted by molar-refractivity contribution is 0.103. The second kappa shape index (κ2) is 10.4. The van der Waals surface area contributed by atoms with Crippen LogP contribution in [0, 0.1) is 11.8 Å². The molecule has 0 saturated carbocycles. The first kappa shape index (κ1) is 22.7. The Labute approximate surface area is 195 Å². The van der Waals surface area contributed by atoms with Crippen LogP contribution < -0.4 is 15.9 Å². The van der Waals surface area contributed by atoms with Crippen LogP contribution in [0.1, 0.15) is 48.5 Å². The van der Waals surface area contributed by atoms with Crippen molar-refractivity contribution in [1.29, 1.82) is 0 Å². The summed E-state index contributed by atoms with van der Waals surface area (Å²) in [4.78, 5) is 26.0. The topological polar surface area (TPSA) is 137 Å². The number of nitrogens with zero attached hydrogens (tertiary/aromatic N) is 3. The van der Waals surface area contributed by atoms with E-state index in [1.54, 1.807) is 42.5 Å². The number of benzene rings is 2. The number of carbonyl (C=O) groups is 1. The van der Waals surface area contributed by atoms with E-state index in [1.807, 2.05) is 0 Å². The van der Waals surface area contributed by atoms with Gasteiger partial charge in [0, 0.05) is 12.0 Å².